The molecule has 0 spiro atoms. The van der Waals surface area contributed by atoms with E-state index in [9.17, 15) is 9.59 Å². The van der Waals surface area contributed by atoms with Crippen molar-refractivity contribution in [2.24, 2.45) is 5.92 Å². The molecule has 6 nitrogen and oxygen atoms in total. The van der Waals surface area contributed by atoms with E-state index in [1.807, 2.05) is 15.2 Å². The molecule has 1 aliphatic heterocycles. The fourth-order valence-corrected chi connectivity index (χ4v) is 3.55. The third kappa shape index (κ3) is 4.22. The lowest BCUT2D eigenvalue weighted by atomic mass is 10.2. The largest absolute Gasteiger partial charge is 0.341 e. The second kappa shape index (κ2) is 7.29. The van der Waals surface area contributed by atoms with Gasteiger partial charge in [0, 0.05) is 56.1 Å². The predicted octanol–water partition coefficient (Wildman–Crippen LogP) is 1.90. The number of amides is 3. The van der Waals surface area contributed by atoms with Crippen molar-refractivity contribution in [3.05, 3.63) is 16.6 Å². The minimum atomic E-state index is -0.0332. The molecule has 1 atom stereocenters. The van der Waals surface area contributed by atoms with Gasteiger partial charge >= 0.3 is 6.03 Å². The van der Waals surface area contributed by atoms with Crippen LogP contribution in [0.4, 0.5) is 4.79 Å². The first-order chi connectivity index (χ1) is 11.1. The van der Waals surface area contributed by atoms with E-state index in [1.54, 1.807) is 17.5 Å². The van der Waals surface area contributed by atoms with Gasteiger partial charge in [-0.05, 0) is 19.3 Å². The molecule has 126 valence electrons. The summed E-state index contributed by atoms with van der Waals surface area (Å²) >= 11 is 1.61. The minimum Gasteiger partial charge on any atom is -0.341 e. The van der Waals surface area contributed by atoms with E-state index in [0.29, 0.717) is 26.2 Å². The zero-order chi connectivity index (χ0) is 16.2. The Morgan fingerprint density at radius 3 is 2.74 bits per heavy atom. The van der Waals surface area contributed by atoms with E-state index in [2.05, 4.69) is 17.2 Å². The molecule has 3 rings (SSSR count). The zero-order valence-electron chi connectivity index (χ0n) is 13.5. The Labute approximate surface area is 140 Å². The molecule has 1 aromatic heterocycles. The van der Waals surface area contributed by atoms with Crippen LogP contribution in [0.1, 0.15) is 37.1 Å². The van der Waals surface area contributed by atoms with Crippen molar-refractivity contribution in [1.29, 1.82) is 0 Å². The van der Waals surface area contributed by atoms with Crippen molar-refractivity contribution in [1.82, 2.24) is 20.1 Å². The molecule has 3 amide bonds. The molecule has 0 unspecified atom stereocenters. The molecular formula is C16H24N4O2S. The minimum absolute atomic E-state index is 0.0332. The lowest BCUT2D eigenvalue weighted by molar-refractivity contribution is -0.132. The maximum atomic E-state index is 12.3. The summed E-state index contributed by atoms with van der Waals surface area (Å²) in [6.45, 7) is 5.42. The van der Waals surface area contributed by atoms with Crippen LogP contribution in [0.2, 0.25) is 0 Å². The lowest BCUT2D eigenvalue weighted by Crippen LogP contribution is -2.43. The van der Waals surface area contributed by atoms with Crippen LogP contribution in [0.15, 0.2) is 11.6 Å². The number of hydrogen-bond donors (Lipinski definition) is 1. The monoisotopic (exact) mass is 336 g/mol. The second-order valence-corrected chi connectivity index (χ2v) is 7.32. The highest BCUT2D eigenvalue weighted by atomic mass is 32.1. The number of carbonyl (C=O) groups excluding carboxylic acids is 2. The Morgan fingerprint density at radius 2 is 2.04 bits per heavy atom. The van der Waals surface area contributed by atoms with Gasteiger partial charge in [0.25, 0.3) is 0 Å². The Balaban J connectivity index is 1.45. The number of hydrogen-bond acceptors (Lipinski definition) is 4. The fourth-order valence-electron chi connectivity index (χ4n) is 2.85. The fraction of sp³-hybridized carbons (Fsp3) is 0.688. The van der Waals surface area contributed by atoms with Crippen LogP contribution in [0.25, 0.3) is 0 Å². The molecule has 1 saturated heterocycles. The molecule has 1 N–H and O–H groups in total. The van der Waals surface area contributed by atoms with Gasteiger partial charge in [0.1, 0.15) is 0 Å². The normalized spacial score (nSPS) is 20.0. The third-order valence-corrected chi connectivity index (χ3v) is 5.46. The summed E-state index contributed by atoms with van der Waals surface area (Å²) in [7, 11) is 0. The number of thiazole rings is 1. The molecule has 0 radical (unpaired) electrons. The Hall–Kier alpha value is -1.63. The van der Waals surface area contributed by atoms with E-state index in [4.69, 9.17) is 0 Å². The number of rotatable bonds is 4. The summed E-state index contributed by atoms with van der Waals surface area (Å²) in [6, 6.07) is -0.0332. The maximum Gasteiger partial charge on any atom is 0.317 e. The van der Waals surface area contributed by atoms with Gasteiger partial charge in [-0.2, -0.15) is 0 Å². The summed E-state index contributed by atoms with van der Waals surface area (Å²) in [5, 5.41) is 5.99. The van der Waals surface area contributed by atoms with Crippen molar-refractivity contribution in [2.75, 3.05) is 32.7 Å². The smallest absolute Gasteiger partial charge is 0.317 e. The second-order valence-electron chi connectivity index (χ2n) is 6.40. The molecule has 2 fully saturated rings. The highest BCUT2D eigenvalue weighted by Crippen LogP contribution is 2.31. The van der Waals surface area contributed by atoms with Crippen molar-refractivity contribution in [3.63, 3.8) is 0 Å². The van der Waals surface area contributed by atoms with E-state index >= 15 is 0 Å². The first-order valence-electron chi connectivity index (χ1n) is 8.36. The van der Waals surface area contributed by atoms with Crippen molar-refractivity contribution >= 4 is 23.3 Å². The highest BCUT2D eigenvalue weighted by molar-refractivity contribution is 7.09. The highest BCUT2D eigenvalue weighted by Gasteiger charge is 2.34. The van der Waals surface area contributed by atoms with E-state index < -0.39 is 0 Å². The summed E-state index contributed by atoms with van der Waals surface area (Å²) in [6.07, 6.45) is 4.72. The summed E-state index contributed by atoms with van der Waals surface area (Å²) < 4.78 is 0. The van der Waals surface area contributed by atoms with E-state index in [1.165, 1.54) is 0 Å². The predicted molar refractivity (Wildman–Crippen MR) is 89.4 cm³/mol. The number of aromatic nitrogens is 1. The molecule has 2 aliphatic rings. The van der Waals surface area contributed by atoms with E-state index in [0.717, 1.165) is 30.8 Å². The van der Waals surface area contributed by atoms with Crippen molar-refractivity contribution < 1.29 is 9.59 Å². The summed E-state index contributed by atoms with van der Waals surface area (Å²) in [5.41, 5.74) is 0. The molecule has 2 heterocycles. The van der Waals surface area contributed by atoms with Crippen LogP contribution in [-0.2, 0) is 4.79 Å². The van der Waals surface area contributed by atoms with Crippen LogP contribution in [0.3, 0.4) is 0 Å². The quantitative estimate of drug-likeness (QED) is 0.913. The molecule has 1 aromatic rings. The standard InChI is InChI=1S/C16H24N4O2S/c1-12(14-17-5-10-23-14)11-18-16(22)20-7-2-6-19(8-9-20)15(21)13-3-4-13/h5,10,12-13H,2-4,6-9,11H2,1H3,(H,18,22)/t12-/m0/s1. The van der Waals surface area contributed by atoms with Crippen LogP contribution in [0.5, 0.6) is 0 Å². The van der Waals surface area contributed by atoms with Gasteiger partial charge in [-0.3, -0.25) is 4.79 Å². The van der Waals surface area contributed by atoms with Gasteiger partial charge in [0.15, 0.2) is 0 Å². The lowest BCUT2D eigenvalue weighted by Gasteiger charge is -2.23. The van der Waals surface area contributed by atoms with Gasteiger partial charge in [-0.15, -0.1) is 11.3 Å². The van der Waals surface area contributed by atoms with Gasteiger partial charge < -0.3 is 15.1 Å². The number of nitrogens with one attached hydrogen (secondary N) is 1. The van der Waals surface area contributed by atoms with Gasteiger partial charge in [0.2, 0.25) is 5.91 Å². The van der Waals surface area contributed by atoms with Crippen molar-refractivity contribution in [2.45, 2.75) is 32.1 Å². The number of nitrogens with zero attached hydrogens (tertiary/aromatic N) is 3. The van der Waals surface area contributed by atoms with Gasteiger partial charge in [-0.25, -0.2) is 9.78 Å². The number of carbonyl (C=O) groups is 2. The van der Waals surface area contributed by atoms with Crippen LogP contribution in [0, 0.1) is 5.92 Å². The zero-order valence-corrected chi connectivity index (χ0v) is 14.3. The summed E-state index contributed by atoms with van der Waals surface area (Å²) in [4.78, 5) is 32.5. The molecular weight excluding hydrogens is 312 g/mol. The summed E-state index contributed by atoms with van der Waals surface area (Å²) in [5.74, 6) is 0.762. The Bertz CT molecular complexity index is 544. The first kappa shape index (κ1) is 16.2. The Kier molecular flexibility index (Phi) is 5.15. The molecule has 7 heteroatoms. The average molecular weight is 336 g/mol. The molecule has 1 saturated carbocycles. The van der Waals surface area contributed by atoms with E-state index in [-0.39, 0.29) is 23.8 Å². The topological polar surface area (TPSA) is 65.5 Å². The third-order valence-electron chi connectivity index (χ3n) is 4.45. The molecule has 23 heavy (non-hydrogen) atoms. The van der Waals surface area contributed by atoms with Crippen LogP contribution < -0.4 is 5.32 Å². The van der Waals surface area contributed by atoms with Crippen LogP contribution >= 0.6 is 11.3 Å². The molecule has 1 aliphatic carbocycles. The van der Waals surface area contributed by atoms with Crippen molar-refractivity contribution in [3.8, 4) is 0 Å². The van der Waals surface area contributed by atoms with Gasteiger partial charge in [-0.1, -0.05) is 6.92 Å². The maximum absolute atomic E-state index is 12.3. The number of urea groups is 1. The Morgan fingerprint density at radius 1 is 1.30 bits per heavy atom. The molecule has 0 aromatic carbocycles. The van der Waals surface area contributed by atoms with Crippen LogP contribution in [-0.4, -0.2) is 59.4 Å². The van der Waals surface area contributed by atoms with Gasteiger partial charge in [0.05, 0.1) is 5.01 Å². The first-order valence-corrected chi connectivity index (χ1v) is 9.24. The SMILES string of the molecule is C[C@@H](CNC(=O)N1CCCN(C(=O)C2CC2)CC1)c1nccs1. The average Bonchev–Trinajstić information content (AvgIpc) is 3.32. The molecule has 0 bridgehead atoms.